The lowest BCUT2D eigenvalue weighted by Gasteiger charge is -2.32. The third-order valence-corrected chi connectivity index (χ3v) is 6.10. The van der Waals surface area contributed by atoms with Gasteiger partial charge in [-0.3, -0.25) is 14.4 Å². The highest BCUT2D eigenvalue weighted by atomic mass is 16.7. The molecule has 0 aromatic heterocycles. The highest BCUT2D eigenvalue weighted by molar-refractivity contribution is 5.92. The highest BCUT2D eigenvalue weighted by Gasteiger charge is 2.48. The molecule has 4 rings (SSSR count). The average Bonchev–Trinajstić information content (AvgIpc) is 2.92. The van der Waals surface area contributed by atoms with Crippen LogP contribution in [0.2, 0.25) is 0 Å². The summed E-state index contributed by atoms with van der Waals surface area (Å²) in [7, 11) is 0. The molecule has 2 aliphatic heterocycles. The number of carbonyl (C=O) groups is 3. The van der Waals surface area contributed by atoms with Crippen molar-refractivity contribution in [1.82, 2.24) is 15.3 Å². The molecule has 0 unspecified atom stereocenters. The molecule has 1 aromatic rings. The Morgan fingerprint density at radius 3 is 2.64 bits per heavy atom. The summed E-state index contributed by atoms with van der Waals surface area (Å²) >= 11 is 0. The van der Waals surface area contributed by atoms with Crippen LogP contribution in [-0.2, 0) is 21.0 Å². The summed E-state index contributed by atoms with van der Waals surface area (Å²) in [5.74, 6) is 0.545. The molecule has 7 nitrogen and oxygen atoms in total. The molecule has 2 atom stereocenters. The molecule has 1 aliphatic carbocycles. The van der Waals surface area contributed by atoms with Gasteiger partial charge in [0.25, 0.3) is 0 Å². The van der Waals surface area contributed by atoms with Gasteiger partial charge >= 0.3 is 6.03 Å². The van der Waals surface area contributed by atoms with Crippen molar-refractivity contribution in [2.75, 3.05) is 13.1 Å². The highest BCUT2D eigenvalue weighted by Crippen LogP contribution is 2.33. The van der Waals surface area contributed by atoms with E-state index in [1.54, 1.807) is 4.90 Å². The molecule has 2 saturated heterocycles. The molecule has 0 radical (unpaired) electrons. The minimum Gasteiger partial charge on any atom is -0.347 e. The Labute approximate surface area is 165 Å². The number of ketones is 1. The lowest BCUT2D eigenvalue weighted by molar-refractivity contribution is -0.140. The fraction of sp³-hybridized carbons (Fsp3) is 0.571. The first-order valence-corrected chi connectivity index (χ1v) is 10.1. The number of urea groups is 1. The van der Waals surface area contributed by atoms with Crippen molar-refractivity contribution in [3.05, 3.63) is 35.9 Å². The number of benzene rings is 1. The Morgan fingerprint density at radius 2 is 1.93 bits per heavy atom. The van der Waals surface area contributed by atoms with Gasteiger partial charge in [0.2, 0.25) is 5.91 Å². The van der Waals surface area contributed by atoms with Crippen molar-refractivity contribution in [1.29, 1.82) is 0 Å². The number of hydrogen-bond donors (Lipinski definition) is 1. The van der Waals surface area contributed by atoms with Crippen LogP contribution in [0.5, 0.6) is 0 Å². The van der Waals surface area contributed by atoms with Crippen LogP contribution in [0.4, 0.5) is 4.79 Å². The van der Waals surface area contributed by atoms with E-state index in [9.17, 15) is 14.4 Å². The molecule has 3 aliphatic rings. The van der Waals surface area contributed by atoms with Crippen LogP contribution >= 0.6 is 0 Å². The SMILES string of the molecule is CC1CC(C(=O)CNC(=O)[C@@H]2CC[C@@H]3CN2C(=O)N3OCc2ccccc2)C1. The third-order valence-electron chi connectivity index (χ3n) is 6.10. The van der Waals surface area contributed by atoms with Gasteiger partial charge in [-0.1, -0.05) is 37.3 Å². The van der Waals surface area contributed by atoms with Crippen molar-refractivity contribution in [3.8, 4) is 0 Å². The van der Waals surface area contributed by atoms with Gasteiger partial charge in [0.15, 0.2) is 5.78 Å². The van der Waals surface area contributed by atoms with Gasteiger partial charge in [0.1, 0.15) is 12.6 Å². The van der Waals surface area contributed by atoms with E-state index in [2.05, 4.69) is 12.2 Å². The fourth-order valence-electron chi connectivity index (χ4n) is 4.39. The molecule has 1 N–H and O–H groups in total. The zero-order chi connectivity index (χ0) is 19.7. The van der Waals surface area contributed by atoms with E-state index in [-0.39, 0.29) is 36.2 Å². The van der Waals surface area contributed by atoms with E-state index in [0.717, 1.165) is 18.4 Å². The normalized spacial score (nSPS) is 28.8. The molecule has 7 heteroatoms. The Bertz CT molecular complexity index is 747. The molecule has 150 valence electrons. The van der Waals surface area contributed by atoms with Crippen LogP contribution in [0.15, 0.2) is 30.3 Å². The van der Waals surface area contributed by atoms with Gasteiger partial charge in [-0.15, -0.1) is 0 Å². The Hall–Kier alpha value is -2.41. The fourth-order valence-corrected chi connectivity index (χ4v) is 4.39. The van der Waals surface area contributed by atoms with Gasteiger partial charge < -0.3 is 10.2 Å². The number of carbonyl (C=O) groups excluding carboxylic acids is 3. The van der Waals surface area contributed by atoms with Gasteiger partial charge in [-0.2, -0.15) is 5.06 Å². The molecular formula is C21H27N3O4. The van der Waals surface area contributed by atoms with E-state index in [0.29, 0.717) is 31.9 Å². The smallest absolute Gasteiger partial charge is 0.345 e. The standard InChI is InChI=1S/C21H27N3O4/c1-14-9-16(10-14)19(25)11-22-20(26)18-8-7-17-12-23(18)21(27)24(17)28-13-15-5-3-2-4-6-15/h2-6,14,16-18H,7-13H2,1H3,(H,22,26)/t14?,16?,17-,18+/m1/s1. The first-order chi connectivity index (χ1) is 13.5. The third kappa shape index (κ3) is 3.76. The molecule has 3 fully saturated rings. The summed E-state index contributed by atoms with van der Waals surface area (Å²) in [6.45, 7) is 3.00. The van der Waals surface area contributed by atoms with Crippen LogP contribution in [0.3, 0.4) is 0 Å². The largest absolute Gasteiger partial charge is 0.347 e. The number of Topliss-reactive ketones (excluding diaryl/α,β-unsaturated/α-hetero) is 1. The van der Waals surface area contributed by atoms with Crippen LogP contribution < -0.4 is 5.32 Å². The summed E-state index contributed by atoms with van der Waals surface area (Å²) in [6.07, 6.45) is 3.13. The number of nitrogens with zero attached hydrogens (tertiary/aromatic N) is 2. The number of amides is 3. The van der Waals surface area contributed by atoms with E-state index in [4.69, 9.17) is 4.84 Å². The molecule has 1 saturated carbocycles. The predicted octanol–water partition coefficient (Wildman–Crippen LogP) is 2.12. The number of hydroxylamine groups is 2. The topological polar surface area (TPSA) is 79.0 Å². The predicted molar refractivity (Wildman–Crippen MR) is 102 cm³/mol. The number of nitrogens with one attached hydrogen (secondary N) is 1. The summed E-state index contributed by atoms with van der Waals surface area (Å²) in [5, 5.41) is 4.17. The van der Waals surface area contributed by atoms with Crippen molar-refractivity contribution in [2.45, 2.75) is 51.3 Å². The van der Waals surface area contributed by atoms with Crippen LogP contribution in [0.25, 0.3) is 0 Å². The minimum atomic E-state index is -0.526. The van der Waals surface area contributed by atoms with Crippen LogP contribution in [0.1, 0.15) is 38.2 Å². The Kier molecular flexibility index (Phi) is 5.35. The van der Waals surface area contributed by atoms with E-state index in [1.165, 1.54) is 5.06 Å². The minimum absolute atomic E-state index is 0.0293. The van der Waals surface area contributed by atoms with Crippen LogP contribution in [-0.4, -0.2) is 52.9 Å². The molecule has 2 bridgehead atoms. The second-order valence-corrected chi connectivity index (χ2v) is 8.22. The Balaban J connectivity index is 1.30. The maximum absolute atomic E-state index is 12.7. The average molecular weight is 385 g/mol. The maximum atomic E-state index is 12.7. The number of hydrogen-bond acceptors (Lipinski definition) is 4. The van der Waals surface area contributed by atoms with Gasteiger partial charge in [-0.05, 0) is 37.2 Å². The Morgan fingerprint density at radius 1 is 1.18 bits per heavy atom. The molecule has 2 heterocycles. The van der Waals surface area contributed by atoms with E-state index >= 15 is 0 Å². The van der Waals surface area contributed by atoms with Crippen molar-refractivity contribution >= 4 is 17.7 Å². The lowest BCUT2D eigenvalue weighted by atomic mass is 9.74. The van der Waals surface area contributed by atoms with Crippen molar-refractivity contribution in [2.24, 2.45) is 11.8 Å². The van der Waals surface area contributed by atoms with Crippen molar-refractivity contribution < 1.29 is 19.2 Å². The molecule has 28 heavy (non-hydrogen) atoms. The van der Waals surface area contributed by atoms with Crippen molar-refractivity contribution in [3.63, 3.8) is 0 Å². The quantitative estimate of drug-likeness (QED) is 0.780. The summed E-state index contributed by atoms with van der Waals surface area (Å²) in [5.41, 5.74) is 0.991. The number of fused-ring (bicyclic) bond motifs is 2. The zero-order valence-electron chi connectivity index (χ0n) is 16.2. The van der Waals surface area contributed by atoms with Gasteiger partial charge in [-0.25, -0.2) is 4.79 Å². The summed E-state index contributed by atoms with van der Waals surface area (Å²) < 4.78 is 0. The molecule has 3 amide bonds. The first kappa shape index (κ1) is 18.9. The monoisotopic (exact) mass is 385 g/mol. The molecular weight excluding hydrogens is 358 g/mol. The van der Waals surface area contributed by atoms with Gasteiger partial charge in [0.05, 0.1) is 12.6 Å². The van der Waals surface area contributed by atoms with Crippen LogP contribution in [0, 0.1) is 11.8 Å². The molecule has 0 spiro atoms. The maximum Gasteiger partial charge on any atom is 0.345 e. The van der Waals surface area contributed by atoms with E-state index in [1.807, 2.05) is 30.3 Å². The van der Waals surface area contributed by atoms with E-state index < -0.39 is 6.04 Å². The second-order valence-electron chi connectivity index (χ2n) is 8.22. The lowest BCUT2D eigenvalue weighted by Crippen LogP contribution is -2.51. The second kappa shape index (κ2) is 7.91. The zero-order valence-corrected chi connectivity index (χ0v) is 16.2. The van der Waals surface area contributed by atoms with Gasteiger partial charge in [0, 0.05) is 12.5 Å². The first-order valence-electron chi connectivity index (χ1n) is 10.1. The molecule has 1 aromatic carbocycles. The number of piperidine rings is 1. The summed E-state index contributed by atoms with van der Waals surface area (Å²) in [6, 6.07) is 8.86. The summed E-state index contributed by atoms with van der Waals surface area (Å²) in [4.78, 5) is 44.8. The number of rotatable bonds is 7.